The van der Waals surface area contributed by atoms with Crippen LogP contribution in [0.25, 0.3) is 5.69 Å². The first-order valence-corrected chi connectivity index (χ1v) is 7.31. The van der Waals surface area contributed by atoms with Gasteiger partial charge in [0.25, 0.3) is 0 Å². The van der Waals surface area contributed by atoms with Crippen molar-refractivity contribution in [3.05, 3.63) is 47.3 Å². The van der Waals surface area contributed by atoms with E-state index in [1.54, 1.807) is 20.0 Å². The van der Waals surface area contributed by atoms with E-state index in [1.165, 1.54) is 16.8 Å². The van der Waals surface area contributed by atoms with Crippen molar-refractivity contribution in [1.82, 2.24) is 15.1 Å². The Bertz CT molecular complexity index is 701. The van der Waals surface area contributed by atoms with Crippen LogP contribution >= 0.6 is 0 Å². The highest BCUT2D eigenvalue weighted by atomic mass is 19.1. The monoisotopic (exact) mass is 323 g/mol. The molecule has 23 heavy (non-hydrogen) atoms. The number of halogens is 2. The van der Waals surface area contributed by atoms with Gasteiger partial charge in [-0.25, -0.2) is 13.5 Å². The van der Waals surface area contributed by atoms with Gasteiger partial charge in [-0.2, -0.15) is 5.10 Å². The van der Waals surface area contributed by atoms with Crippen molar-refractivity contribution >= 4 is 5.91 Å². The van der Waals surface area contributed by atoms with E-state index >= 15 is 0 Å². The number of hydrogen-bond acceptors (Lipinski definition) is 3. The number of ether oxygens (including phenoxy) is 1. The number of benzene rings is 1. The zero-order chi connectivity index (χ0) is 17.0. The Morgan fingerprint density at radius 2 is 2.17 bits per heavy atom. The van der Waals surface area contributed by atoms with Crippen molar-refractivity contribution in [2.45, 2.75) is 26.8 Å². The van der Waals surface area contributed by atoms with Crippen LogP contribution < -0.4 is 5.32 Å². The van der Waals surface area contributed by atoms with Crippen LogP contribution in [0.3, 0.4) is 0 Å². The van der Waals surface area contributed by atoms with Crippen LogP contribution in [0.4, 0.5) is 8.78 Å². The lowest BCUT2D eigenvalue weighted by Gasteiger charge is -2.14. The fraction of sp³-hybridized carbons (Fsp3) is 0.375. The minimum Gasteiger partial charge on any atom is -0.372 e. The Morgan fingerprint density at radius 1 is 1.43 bits per heavy atom. The molecule has 1 unspecified atom stereocenters. The van der Waals surface area contributed by atoms with Crippen LogP contribution in [0.1, 0.15) is 31.1 Å². The molecule has 0 radical (unpaired) electrons. The molecular formula is C16H19F2N3O2. The van der Waals surface area contributed by atoms with Gasteiger partial charge in [0.1, 0.15) is 18.1 Å². The summed E-state index contributed by atoms with van der Waals surface area (Å²) in [5.41, 5.74) is 1.57. The van der Waals surface area contributed by atoms with Crippen LogP contribution in [0.15, 0.2) is 24.4 Å². The maximum Gasteiger partial charge on any atom is 0.246 e. The maximum absolute atomic E-state index is 13.9. The molecule has 1 N–H and O–H groups in total. The van der Waals surface area contributed by atoms with E-state index in [9.17, 15) is 13.6 Å². The molecule has 124 valence electrons. The number of aromatic nitrogens is 2. The molecule has 0 saturated carbocycles. The first kappa shape index (κ1) is 17.1. The molecule has 5 nitrogen and oxygen atoms in total. The molecule has 0 aliphatic rings. The second-order valence-electron chi connectivity index (χ2n) is 5.12. The summed E-state index contributed by atoms with van der Waals surface area (Å²) in [5, 5.41) is 6.93. The topological polar surface area (TPSA) is 56.1 Å². The van der Waals surface area contributed by atoms with E-state index in [0.717, 1.165) is 11.6 Å². The average molecular weight is 323 g/mol. The van der Waals surface area contributed by atoms with Crippen molar-refractivity contribution in [2.75, 3.05) is 13.2 Å². The third-order valence-corrected chi connectivity index (χ3v) is 3.47. The van der Waals surface area contributed by atoms with Crippen molar-refractivity contribution in [1.29, 1.82) is 0 Å². The smallest absolute Gasteiger partial charge is 0.246 e. The molecule has 2 rings (SSSR count). The molecule has 0 aliphatic carbocycles. The lowest BCUT2D eigenvalue weighted by atomic mass is 10.1. The van der Waals surface area contributed by atoms with E-state index in [4.69, 9.17) is 4.74 Å². The molecule has 0 spiro atoms. The minimum absolute atomic E-state index is 0.0133. The zero-order valence-electron chi connectivity index (χ0n) is 13.3. The summed E-state index contributed by atoms with van der Waals surface area (Å²) in [6, 6.07) is 3.00. The molecule has 7 heteroatoms. The van der Waals surface area contributed by atoms with E-state index in [2.05, 4.69) is 10.4 Å². The zero-order valence-corrected chi connectivity index (χ0v) is 13.3. The largest absolute Gasteiger partial charge is 0.372 e. The lowest BCUT2D eigenvalue weighted by molar-refractivity contribution is -0.126. The van der Waals surface area contributed by atoms with E-state index in [0.29, 0.717) is 12.3 Å². The van der Waals surface area contributed by atoms with Gasteiger partial charge < -0.3 is 10.1 Å². The van der Waals surface area contributed by atoms with E-state index < -0.39 is 11.6 Å². The SMILES string of the molecule is CCOCC(=O)NC(C)c1cnn(-c2ccc(F)cc2F)c1C. The molecule has 1 aromatic carbocycles. The second kappa shape index (κ2) is 7.32. The number of nitrogens with one attached hydrogen (secondary N) is 1. The van der Waals surface area contributed by atoms with Gasteiger partial charge >= 0.3 is 0 Å². The number of rotatable bonds is 6. The Hall–Kier alpha value is -2.28. The van der Waals surface area contributed by atoms with Crippen molar-refractivity contribution < 1.29 is 18.3 Å². The second-order valence-corrected chi connectivity index (χ2v) is 5.12. The van der Waals surface area contributed by atoms with Gasteiger partial charge in [0.05, 0.1) is 12.2 Å². The summed E-state index contributed by atoms with van der Waals surface area (Å²) in [7, 11) is 0. The fourth-order valence-corrected chi connectivity index (χ4v) is 2.30. The minimum atomic E-state index is -0.698. The Balaban J connectivity index is 2.20. The lowest BCUT2D eigenvalue weighted by Crippen LogP contribution is -2.30. The van der Waals surface area contributed by atoms with Gasteiger partial charge in [0.15, 0.2) is 5.82 Å². The van der Waals surface area contributed by atoms with Gasteiger partial charge in [0.2, 0.25) is 5.91 Å². The van der Waals surface area contributed by atoms with Gasteiger partial charge in [-0.15, -0.1) is 0 Å². The normalized spacial score (nSPS) is 12.2. The van der Waals surface area contributed by atoms with Crippen LogP contribution in [0, 0.1) is 18.6 Å². The van der Waals surface area contributed by atoms with Crippen LogP contribution in [0.2, 0.25) is 0 Å². The molecule has 0 aliphatic heterocycles. The predicted molar refractivity (Wildman–Crippen MR) is 81.3 cm³/mol. The molecule has 0 fully saturated rings. The maximum atomic E-state index is 13.9. The number of hydrogen-bond donors (Lipinski definition) is 1. The fourth-order valence-electron chi connectivity index (χ4n) is 2.30. The van der Waals surface area contributed by atoms with Crippen molar-refractivity contribution in [2.24, 2.45) is 0 Å². The summed E-state index contributed by atoms with van der Waals surface area (Å²) in [6.45, 7) is 5.82. The first-order chi connectivity index (χ1) is 10.9. The number of carbonyl (C=O) groups is 1. The van der Waals surface area contributed by atoms with Crippen molar-refractivity contribution in [3.63, 3.8) is 0 Å². The Labute approximate surface area is 133 Å². The van der Waals surface area contributed by atoms with Crippen molar-refractivity contribution in [3.8, 4) is 5.69 Å². The summed E-state index contributed by atoms with van der Waals surface area (Å²) in [5.74, 6) is -1.58. The quantitative estimate of drug-likeness (QED) is 0.889. The molecule has 0 saturated heterocycles. The molecule has 1 atom stereocenters. The molecular weight excluding hydrogens is 304 g/mol. The summed E-state index contributed by atoms with van der Waals surface area (Å²) in [4.78, 5) is 11.7. The first-order valence-electron chi connectivity index (χ1n) is 7.31. The van der Waals surface area contributed by atoms with Crippen LogP contribution in [-0.2, 0) is 9.53 Å². The van der Waals surface area contributed by atoms with Gasteiger partial charge in [-0.05, 0) is 32.9 Å². The summed E-state index contributed by atoms with van der Waals surface area (Å²) >= 11 is 0. The molecule has 2 aromatic rings. The third kappa shape index (κ3) is 3.92. The average Bonchev–Trinajstić information content (AvgIpc) is 2.87. The third-order valence-electron chi connectivity index (χ3n) is 3.47. The van der Waals surface area contributed by atoms with Crippen LogP contribution in [0.5, 0.6) is 0 Å². The molecule has 1 heterocycles. The highest BCUT2D eigenvalue weighted by molar-refractivity contribution is 5.77. The number of nitrogens with zero attached hydrogens (tertiary/aromatic N) is 2. The van der Waals surface area contributed by atoms with E-state index in [1.807, 2.05) is 6.92 Å². The van der Waals surface area contributed by atoms with Crippen LogP contribution in [-0.4, -0.2) is 28.9 Å². The Kier molecular flexibility index (Phi) is 5.44. The van der Waals surface area contributed by atoms with Gasteiger partial charge in [-0.1, -0.05) is 0 Å². The highest BCUT2D eigenvalue weighted by Crippen LogP contribution is 2.22. The summed E-state index contributed by atoms with van der Waals surface area (Å²) < 4.78 is 33.3. The highest BCUT2D eigenvalue weighted by Gasteiger charge is 2.18. The summed E-state index contributed by atoms with van der Waals surface area (Å²) in [6.07, 6.45) is 1.56. The van der Waals surface area contributed by atoms with Gasteiger partial charge in [0, 0.05) is 23.9 Å². The molecule has 0 bridgehead atoms. The molecule has 1 amide bonds. The van der Waals surface area contributed by atoms with E-state index in [-0.39, 0.29) is 24.2 Å². The molecule has 1 aromatic heterocycles. The standard InChI is InChI=1S/C16H19F2N3O2/c1-4-23-9-16(22)20-10(2)13-8-19-21(11(13)3)15-6-5-12(17)7-14(15)18/h5-8,10H,4,9H2,1-3H3,(H,20,22). The Morgan fingerprint density at radius 3 is 2.83 bits per heavy atom. The number of amides is 1. The predicted octanol–water partition coefficient (Wildman–Crippen LogP) is 2.67. The number of carbonyl (C=O) groups excluding carboxylic acids is 1. The van der Waals surface area contributed by atoms with Gasteiger partial charge in [-0.3, -0.25) is 4.79 Å².